The van der Waals surface area contributed by atoms with E-state index in [0.717, 1.165) is 32.0 Å². The molecule has 13 heavy (non-hydrogen) atoms. The average molecular weight is 184 g/mol. The molecule has 76 valence electrons. The number of rotatable bonds is 4. The fourth-order valence-corrected chi connectivity index (χ4v) is 2.06. The molecule has 1 aliphatic rings. The Hall–Kier alpha value is -0.570. The van der Waals surface area contributed by atoms with E-state index < -0.39 is 0 Å². The second-order valence-electron chi connectivity index (χ2n) is 3.93. The highest BCUT2D eigenvalue weighted by Crippen LogP contribution is 2.28. The van der Waals surface area contributed by atoms with Crippen molar-refractivity contribution < 1.29 is 4.79 Å². The summed E-state index contributed by atoms with van der Waals surface area (Å²) >= 11 is 0. The monoisotopic (exact) mass is 184 g/mol. The normalized spacial score (nSPS) is 19.8. The van der Waals surface area contributed by atoms with E-state index in [-0.39, 0.29) is 5.91 Å². The number of likely N-dealkylation sites (tertiary alicyclic amines) is 1. The van der Waals surface area contributed by atoms with E-state index >= 15 is 0 Å². The highest BCUT2D eigenvalue weighted by atomic mass is 16.2. The average Bonchev–Trinajstić information content (AvgIpc) is 1.99. The van der Waals surface area contributed by atoms with Crippen LogP contribution in [0.2, 0.25) is 0 Å². The Bertz CT molecular complexity index is 176. The fourth-order valence-electron chi connectivity index (χ4n) is 2.06. The first-order valence-electron chi connectivity index (χ1n) is 5.14. The molecule has 1 unspecified atom stereocenters. The lowest BCUT2D eigenvalue weighted by Gasteiger charge is -2.43. The topological polar surface area (TPSA) is 46.3 Å². The summed E-state index contributed by atoms with van der Waals surface area (Å²) in [6, 6.07) is 0. The Balaban J connectivity index is 2.27. The molecule has 0 radical (unpaired) electrons. The first kappa shape index (κ1) is 10.5. The number of hydrogen-bond acceptors (Lipinski definition) is 2. The number of carbonyl (C=O) groups excluding carboxylic acids is 1. The van der Waals surface area contributed by atoms with Gasteiger partial charge in [0.05, 0.1) is 0 Å². The summed E-state index contributed by atoms with van der Waals surface area (Å²) in [5, 5.41) is 0. The summed E-state index contributed by atoms with van der Waals surface area (Å²) in [5.74, 6) is 1.64. The lowest BCUT2D eigenvalue weighted by Crippen LogP contribution is -2.52. The SMILES string of the molecule is CCC(CCN)C1CN(C(C)=O)C1. The van der Waals surface area contributed by atoms with E-state index in [0.29, 0.717) is 5.92 Å². The molecule has 3 nitrogen and oxygen atoms in total. The van der Waals surface area contributed by atoms with Gasteiger partial charge in [-0.15, -0.1) is 0 Å². The minimum atomic E-state index is 0.207. The van der Waals surface area contributed by atoms with Crippen LogP contribution in [0.1, 0.15) is 26.7 Å². The molecule has 1 rings (SSSR count). The second kappa shape index (κ2) is 4.61. The van der Waals surface area contributed by atoms with Gasteiger partial charge in [-0.2, -0.15) is 0 Å². The van der Waals surface area contributed by atoms with Gasteiger partial charge >= 0.3 is 0 Å². The lowest BCUT2D eigenvalue weighted by molar-refractivity contribution is -0.136. The molecule has 3 heteroatoms. The van der Waals surface area contributed by atoms with Crippen LogP contribution in [0.25, 0.3) is 0 Å². The van der Waals surface area contributed by atoms with Gasteiger partial charge in [-0.3, -0.25) is 4.79 Å². The molecule has 1 atom stereocenters. The molecule has 0 aromatic carbocycles. The van der Waals surface area contributed by atoms with E-state index in [2.05, 4.69) is 6.92 Å². The van der Waals surface area contributed by atoms with Crippen LogP contribution in [0.5, 0.6) is 0 Å². The van der Waals surface area contributed by atoms with Crippen LogP contribution < -0.4 is 5.73 Å². The maximum atomic E-state index is 10.9. The first-order valence-corrected chi connectivity index (χ1v) is 5.14. The number of carbonyl (C=O) groups is 1. The number of hydrogen-bond donors (Lipinski definition) is 1. The van der Waals surface area contributed by atoms with E-state index in [1.165, 1.54) is 6.42 Å². The minimum Gasteiger partial charge on any atom is -0.342 e. The van der Waals surface area contributed by atoms with Crippen molar-refractivity contribution in [2.45, 2.75) is 26.7 Å². The Morgan fingerprint density at radius 3 is 2.62 bits per heavy atom. The van der Waals surface area contributed by atoms with Crippen LogP contribution in [-0.4, -0.2) is 30.4 Å². The summed E-state index contributed by atoms with van der Waals surface area (Å²) < 4.78 is 0. The first-order chi connectivity index (χ1) is 6.19. The maximum Gasteiger partial charge on any atom is 0.219 e. The summed E-state index contributed by atoms with van der Waals surface area (Å²) in [6.07, 6.45) is 2.29. The smallest absolute Gasteiger partial charge is 0.219 e. The van der Waals surface area contributed by atoms with E-state index in [4.69, 9.17) is 5.73 Å². The molecule has 0 aromatic heterocycles. The van der Waals surface area contributed by atoms with Crippen molar-refractivity contribution in [3.8, 4) is 0 Å². The third-order valence-electron chi connectivity index (χ3n) is 3.08. The zero-order chi connectivity index (χ0) is 9.84. The Morgan fingerprint density at radius 1 is 1.62 bits per heavy atom. The quantitative estimate of drug-likeness (QED) is 0.703. The van der Waals surface area contributed by atoms with Crippen molar-refractivity contribution in [1.29, 1.82) is 0 Å². The summed E-state index contributed by atoms with van der Waals surface area (Å²) in [7, 11) is 0. The molecule has 0 spiro atoms. The molecule has 0 aromatic rings. The second-order valence-corrected chi connectivity index (χ2v) is 3.93. The molecule has 1 fully saturated rings. The van der Waals surface area contributed by atoms with Crippen molar-refractivity contribution in [2.75, 3.05) is 19.6 Å². The van der Waals surface area contributed by atoms with Crippen LogP contribution in [0.3, 0.4) is 0 Å². The van der Waals surface area contributed by atoms with Gasteiger partial charge < -0.3 is 10.6 Å². The van der Waals surface area contributed by atoms with Gasteiger partial charge in [0.1, 0.15) is 0 Å². The highest BCUT2D eigenvalue weighted by Gasteiger charge is 2.33. The van der Waals surface area contributed by atoms with Gasteiger partial charge in [-0.05, 0) is 24.8 Å². The molecule has 1 amide bonds. The molecule has 0 saturated carbocycles. The van der Waals surface area contributed by atoms with Crippen LogP contribution in [0.4, 0.5) is 0 Å². The number of nitrogens with two attached hydrogens (primary N) is 1. The molecule has 0 bridgehead atoms. The molecule has 0 aliphatic carbocycles. The summed E-state index contributed by atoms with van der Waals surface area (Å²) in [5.41, 5.74) is 5.54. The van der Waals surface area contributed by atoms with Crippen molar-refractivity contribution >= 4 is 5.91 Å². The van der Waals surface area contributed by atoms with Crippen molar-refractivity contribution in [2.24, 2.45) is 17.6 Å². The van der Waals surface area contributed by atoms with Crippen molar-refractivity contribution in [3.63, 3.8) is 0 Å². The third kappa shape index (κ3) is 2.44. The zero-order valence-corrected chi connectivity index (χ0v) is 8.62. The predicted octanol–water partition coefficient (Wildman–Crippen LogP) is 0.840. The van der Waals surface area contributed by atoms with Crippen LogP contribution in [0, 0.1) is 11.8 Å². The molecule has 1 heterocycles. The number of amides is 1. The minimum absolute atomic E-state index is 0.207. The van der Waals surface area contributed by atoms with E-state index in [1.807, 2.05) is 4.90 Å². The van der Waals surface area contributed by atoms with Crippen LogP contribution in [-0.2, 0) is 4.79 Å². The molecule has 1 saturated heterocycles. The van der Waals surface area contributed by atoms with Crippen molar-refractivity contribution in [1.82, 2.24) is 4.90 Å². The maximum absolute atomic E-state index is 10.9. The Kier molecular flexibility index (Phi) is 3.72. The van der Waals surface area contributed by atoms with Gasteiger partial charge in [0, 0.05) is 20.0 Å². The largest absolute Gasteiger partial charge is 0.342 e. The Labute approximate surface area is 80.3 Å². The van der Waals surface area contributed by atoms with E-state index in [9.17, 15) is 4.79 Å². The predicted molar refractivity (Wildman–Crippen MR) is 53.2 cm³/mol. The summed E-state index contributed by atoms with van der Waals surface area (Å²) in [4.78, 5) is 12.8. The van der Waals surface area contributed by atoms with Crippen LogP contribution in [0.15, 0.2) is 0 Å². The fraction of sp³-hybridized carbons (Fsp3) is 0.900. The van der Waals surface area contributed by atoms with Gasteiger partial charge in [-0.25, -0.2) is 0 Å². The summed E-state index contributed by atoms with van der Waals surface area (Å²) in [6.45, 7) is 6.52. The molecular formula is C10H20N2O. The molecule has 2 N–H and O–H groups in total. The standard InChI is InChI=1S/C10H20N2O/c1-3-9(4-5-11)10-6-12(7-10)8(2)13/h9-10H,3-7,11H2,1-2H3. The van der Waals surface area contributed by atoms with Gasteiger partial charge in [-0.1, -0.05) is 13.3 Å². The Morgan fingerprint density at radius 2 is 2.23 bits per heavy atom. The van der Waals surface area contributed by atoms with Gasteiger partial charge in [0.15, 0.2) is 0 Å². The molecular weight excluding hydrogens is 164 g/mol. The zero-order valence-electron chi connectivity index (χ0n) is 8.62. The molecule has 1 aliphatic heterocycles. The van der Waals surface area contributed by atoms with Crippen LogP contribution >= 0.6 is 0 Å². The van der Waals surface area contributed by atoms with E-state index in [1.54, 1.807) is 6.92 Å². The lowest BCUT2D eigenvalue weighted by atomic mass is 9.82. The van der Waals surface area contributed by atoms with Crippen molar-refractivity contribution in [3.05, 3.63) is 0 Å². The van der Waals surface area contributed by atoms with Gasteiger partial charge in [0.2, 0.25) is 5.91 Å². The third-order valence-corrected chi connectivity index (χ3v) is 3.08. The number of nitrogens with zero attached hydrogens (tertiary/aromatic N) is 1. The highest BCUT2D eigenvalue weighted by molar-refractivity contribution is 5.74. The van der Waals surface area contributed by atoms with Gasteiger partial charge in [0.25, 0.3) is 0 Å².